The second-order valence-corrected chi connectivity index (χ2v) is 9.41. The van der Waals surface area contributed by atoms with E-state index in [2.05, 4.69) is 16.0 Å². The van der Waals surface area contributed by atoms with Crippen molar-refractivity contribution in [1.29, 1.82) is 5.26 Å². The highest BCUT2D eigenvalue weighted by molar-refractivity contribution is 5.99. The molecule has 0 spiro atoms. The number of benzene rings is 2. The molecule has 2 aromatic carbocycles. The van der Waals surface area contributed by atoms with Gasteiger partial charge in [0, 0.05) is 18.7 Å². The predicted molar refractivity (Wildman–Crippen MR) is 138 cm³/mol. The van der Waals surface area contributed by atoms with Gasteiger partial charge in [-0.25, -0.2) is 14.6 Å². The van der Waals surface area contributed by atoms with Crippen molar-refractivity contribution in [1.82, 2.24) is 24.6 Å². The monoisotopic (exact) mass is 491 g/mol. The van der Waals surface area contributed by atoms with Crippen LogP contribution in [0.25, 0.3) is 22.3 Å². The van der Waals surface area contributed by atoms with Crippen molar-refractivity contribution in [3.05, 3.63) is 72.6 Å². The molecule has 37 heavy (non-hydrogen) atoms. The number of rotatable bonds is 6. The molecule has 1 unspecified atom stereocenters. The van der Waals surface area contributed by atoms with Gasteiger partial charge < -0.3 is 15.4 Å². The summed E-state index contributed by atoms with van der Waals surface area (Å²) >= 11 is 0. The number of nitrogens with zero attached hydrogens (tertiary/aromatic N) is 6. The number of likely N-dealkylation sites (tertiary alicyclic amines) is 1. The Morgan fingerprint density at radius 3 is 2.54 bits per heavy atom. The molecular weight excluding hydrogens is 466 g/mol. The molecule has 1 amide bonds. The highest BCUT2D eigenvalue weighted by atomic mass is 16.5. The number of hydrogen-bond donors (Lipinski definition) is 1. The minimum Gasteiger partial charge on any atom is -0.457 e. The van der Waals surface area contributed by atoms with Crippen LogP contribution in [0.4, 0.5) is 5.82 Å². The number of anilines is 1. The third-order valence-corrected chi connectivity index (χ3v) is 6.80. The third-order valence-electron chi connectivity index (χ3n) is 6.80. The minimum atomic E-state index is -0.211. The molecule has 4 aromatic rings. The molecule has 1 saturated heterocycles. The molecule has 6 rings (SSSR count). The van der Waals surface area contributed by atoms with Crippen LogP contribution in [0, 0.1) is 17.2 Å². The molecule has 3 heterocycles. The zero-order valence-electron chi connectivity index (χ0n) is 20.1. The number of aromatic nitrogens is 4. The van der Waals surface area contributed by atoms with E-state index in [1.807, 2.05) is 65.4 Å². The van der Waals surface area contributed by atoms with Crippen LogP contribution in [-0.2, 0) is 4.79 Å². The van der Waals surface area contributed by atoms with E-state index >= 15 is 0 Å². The molecule has 2 aliphatic rings. The lowest BCUT2D eigenvalue weighted by molar-refractivity contribution is -0.125. The number of allylic oxidation sites excluding steroid dienone is 1. The van der Waals surface area contributed by atoms with E-state index in [4.69, 9.17) is 15.6 Å². The number of nitriles is 1. The fourth-order valence-corrected chi connectivity index (χ4v) is 4.71. The van der Waals surface area contributed by atoms with Gasteiger partial charge in [0.05, 0.1) is 11.4 Å². The molecule has 0 bridgehead atoms. The number of nitrogen functional groups attached to an aromatic ring is 1. The van der Waals surface area contributed by atoms with Crippen LogP contribution >= 0.6 is 0 Å². The van der Waals surface area contributed by atoms with Crippen LogP contribution in [0.15, 0.2) is 72.6 Å². The van der Waals surface area contributed by atoms with Crippen molar-refractivity contribution in [3.8, 4) is 28.8 Å². The molecule has 1 aliphatic carbocycles. The molecule has 1 saturated carbocycles. The Morgan fingerprint density at radius 1 is 1.05 bits per heavy atom. The second-order valence-electron chi connectivity index (χ2n) is 9.41. The quantitative estimate of drug-likeness (QED) is 0.311. The number of amides is 1. The van der Waals surface area contributed by atoms with Crippen molar-refractivity contribution in [2.45, 2.75) is 25.3 Å². The molecule has 1 atom stereocenters. The number of hydrogen-bond acceptors (Lipinski definition) is 7. The summed E-state index contributed by atoms with van der Waals surface area (Å²) in [5, 5.41) is 15.1. The van der Waals surface area contributed by atoms with E-state index in [0.29, 0.717) is 53.7 Å². The van der Waals surface area contributed by atoms with E-state index in [-0.39, 0.29) is 17.5 Å². The van der Waals surface area contributed by atoms with Gasteiger partial charge in [0.25, 0.3) is 5.91 Å². The fraction of sp³-hybridized carbons (Fsp3) is 0.250. The lowest BCUT2D eigenvalue weighted by Crippen LogP contribution is -2.30. The van der Waals surface area contributed by atoms with E-state index in [1.165, 1.54) is 6.33 Å². The Balaban J connectivity index is 1.28. The molecule has 2 N–H and O–H groups in total. The van der Waals surface area contributed by atoms with Crippen LogP contribution in [0.2, 0.25) is 0 Å². The Morgan fingerprint density at radius 2 is 1.81 bits per heavy atom. The first-order chi connectivity index (χ1) is 18.1. The first-order valence-corrected chi connectivity index (χ1v) is 12.3. The summed E-state index contributed by atoms with van der Waals surface area (Å²) in [4.78, 5) is 23.4. The summed E-state index contributed by atoms with van der Waals surface area (Å²) in [6.07, 6.45) is 6.04. The highest BCUT2D eigenvalue weighted by Crippen LogP contribution is 2.36. The molecule has 0 radical (unpaired) electrons. The average molecular weight is 492 g/mol. The van der Waals surface area contributed by atoms with Gasteiger partial charge in [0.1, 0.15) is 41.0 Å². The molecule has 9 heteroatoms. The Bertz CT molecular complexity index is 1530. The minimum absolute atomic E-state index is 0.0870. The lowest BCUT2D eigenvalue weighted by Gasteiger charge is -2.16. The number of ether oxygens (including phenoxy) is 1. The summed E-state index contributed by atoms with van der Waals surface area (Å²) in [7, 11) is 0. The van der Waals surface area contributed by atoms with Gasteiger partial charge in [-0.2, -0.15) is 10.4 Å². The first kappa shape index (κ1) is 22.7. The smallest absolute Gasteiger partial charge is 0.264 e. The largest absolute Gasteiger partial charge is 0.457 e. The van der Waals surface area contributed by atoms with Crippen molar-refractivity contribution in [2.75, 3.05) is 18.8 Å². The third kappa shape index (κ3) is 4.49. The van der Waals surface area contributed by atoms with Gasteiger partial charge in [-0.05, 0) is 61.6 Å². The summed E-state index contributed by atoms with van der Waals surface area (Å²) in [6, 6.07) is 19.2. The molecular formula is C28H25N7O2. The predicted octanol–water partition coefficient (Wildman–Crippen LogP) is 4.50. The Labute approximate surface area is 213 Å². The van der Waals surface area contributed by atoms with Gasteiger partial charge >= 0.3 is 0 Å². The first-order valence-electron chi connectivity index (χ1n) is 12.3. The maximum absolute atomic E-state index is 13.0. The SMILES string of the molecule is N#CC(=CC1CC1)C(=O)N1CCC(n2nc(-c3ccc(Oc4ccccc4)cc3)c3c(N)ncnc32)C1. The molecule has 9 nitrogen and oxygen atoms in total. The maximum Gasteiger partial charge on any atom is 0.264 e. The number of fused-ring (bicyclic) bond motifs is 1. The maximum atomic E-state index is 13.0. The second kappa shape index (κ2) is 9.39. The Kier molecular flexibility index (Phi) is 5.77. The van der Waals surface area contributed by atoms with Crippen molar-refractivity contribution >= 4 is 22.8 Å². The van der Waals surface area contributed by atoms with E-state index < -0.39 is 0 Å². The van der Waals surface area contributed by atoms with Crippen LogP contribution in [-0.4, -0.2) is 43.6 Å². The lowest BCUT2D eigenvalue weighted by atomic mass is 10.1. The van der Waals surface area contributed by atoms with Crippen LogP contribution in [0.3, 0.4) is 0 Å². The van der Waals surface area contributed by atoms with Gasteiger partial charge in [-0.15, -0.1) is 0 Å². The standard InChI is InChI=1S/C28H25N7O2/c29-15-20(14-18-6-7-18)28(36)34-13-12-21(16-34)35-27-24(26(30)31-17-32-27)25(33-35)19-8-10-23(11-9-19)37-22-4-2-1-3-5-22/h1-5,8-11,14,17-18,21H,6-7,12-13,16H2,(H2,30,31,32). The molecule has 2 aromatic heterocycles. The van der Waals surface area contributed by atoms with Gasteiger partial charge in [-0.1, -0.05) is 24.3 Å². The number of para-hydroxylation sites is 1. The fourth-order valence-electron chi connectivity index (χ4n) is 4.71. The summed E-state index contributed by atoms with van der Waals surface area (Å²) in [6.45, 7) is 1.00. The van der Waals surface area contributed by atoms with Gasteiger partial charge in [0.15, 0.2) is 5.65 Å². The summed E-state index contributed by atoms with van der Waals surface area (Å²) < 4.78 is 7.77. The normalized spacial score (nSPS) is 17.6. The van der Waals surface area contributed by atoms with Crippen LogP contribution in [0.5, 0.6) is 11.5 Å². The molecule has 1 aliphatic heterocycles. The number of carbonyl (C=O) groups excluding carboxylic acids is 1. The number of nitrogens with two attached hydrogens (primary N) is 1. The molecule has 184 valence electrons. The van der Waals surface area contributed by atoms with Crippen LogP contribution in [0.1, 0.15) is 25.3 Å². The summed E-state index contributed by atoms with van der Waals surface area (Å²) in [5.74, 6) is 1.96. The topological polar surface area (TPSA) is 123 Å². The van der Waals surface area contributed by atoms with Gasteiger partial charge in [-0.3, -0.25) is 4.79 Å². The zero-order valence-corrected chi connectivity index (χ0v) is 20.1. The van der Waals surface area contributed by atoms with Gasteiger partial charge in [0.2, 0.25) is 0 Å². The number of carbonyl (C=O) groups is 1. The van der Waals surface area contributed by atoms with E-state index in [0.717, 1.165) is 24.2 Å². The van der Waals surface area contributed by atoms with Crippen LogP contribution < -0.4 is 10.5 Å². The van der Waals surface area contributed by atoms with E-state index in [1.54, 1.807) is 4.90 Å². The van der Waals surface area contributed by atoms with E-state index in [9.17, 15) is 10.1 Å². The summed E-state index contributed by atoms with van der Waals surface area (Å²) in [5.41, 5.74) is 8.68. The average Bonchev–Trinajstić information content (AvgIpc) is 3.46. The molecule has 2 fully saturated rings. The Hall–Kier alpha value is -4.71. The van der Waals surface area contributed by atoms with Crippen molar-refractivity contribution in [3.63, 3.8) is 0 Å². The highest BCUT2D eigenvalue weighted by Gasteiger charge is 2.33. The van der Waals surface area contributed by atoms with Crippen molar-refractivity contribution < 1.29 is 9.53 Å². The zero-order chi connectivity index (χ0) is 25.4. The van der Waals surface area contributed by atoms with Crippen molar-refractivity contribution in [2.24, 2.45) is 5.92 Å².